The summed E-state index contributed by atoms with van der Waals surface area (Å²) in [6, 6.07) is 5.67. The first-order valence-corrected chi connectivity index (χ1v) is 13.8. The summed E-state index contributed by atoms with van der Waals surface area (Å²) in [6.07, 6.45) is 5.22. The largest absolute Gasteiger partial charge is 0.480 e. The molecular weight excluding hydrogens is 482 g/mol. The number of thioether (sulfide) groups is 1. The van der Waals surface area contributed by atoms with Gasteiger partial charge >= 0.3 is 5.97 Å². The average molecular weight is 522 g/mol. The molecular formula is C25H39N5O5S. The highest BCUT2D eigenvalue weighted by Crippen LogP contribution is 2.20. The summed E-state index contributed by atoms with van der Waals surface area (Å²) < 4.78 is 0. The first kappa shape index (κ1) is 29.6. The van der Waals surface area contributed by atoms with Gasteiger partial charge < -0.3 is 32.1 Å². The second-order valence-electron chi connectivity index (χ2n) is 9.01. The summed E-state index contributed by atoms with van der Waals surface area (Å²) >= 11 is 1.60. The third kappa shape index (κ3) is 9.11. The molecule has 0 spiro atoms. The highest BCUT2D eigenvalue weighted by Gasteiger charge is 2.37. The number of carboxylic acid groups (broad SMARTS) is 1. The second kappa shape index (κ2) is 15.5. The van der Waals surface area contributed by atoms with Crippen LogP contribution in [-0.2, 0) is 25.6 Å². The Morgan fingerprint density at radius 2 is 1.83 bits per heavy atom. The Kier molecular flexibility index (Phi) is 12.7. The second-order valence-corrected chi connectivity index (χ2v) is 10.00. The number of carboxylic acids is 1. The number of nitrogens with one attached hydrogen (secondary N) is 2. The van der Waals surface area contributed by atoms with Gasteiger partial charge in [0.25, 0.3) is 0 Å². The maximum absolute atomic E-state index is 13.3. The Hall–Kier alpha value is -2.63. The molecule has 0 bridgehead atoms. The van der Waals surface area contributed by atoms with Gasteiger partial charge in [-0.25, -0.2) is 4.79 Å². The van der Waals surface area contributed by atoms with Crippen LogP contribution >= 0.6 is 11.8 Å². The van der Waals surface area contributed by atoms with Crippen molar-refractivity contribution in [3.8, 4) is 0 Å². The predicted molar refractivity (Wildman–Crippen MR) is 140 cm³/mol. The van der Waals surface area contributed by atoms with E-state index in [1.165, 1.54) is 4.90 Å². The Bertz CT molecular complexity index is 872. The number of carbonyl (C=O) groups excluding carboxylic acids is 3. The smallest absolute Gasteiger partial charge is 0.326 e. The molecule has 1 heterocycles. The van der Waals surface area contributed by atoms with Gasteiger partial charge in [-0.2, -0.15) is 11.8 Å². The van der Waals surface area contributed by atoms with E-state index in [2.05, 4.69) is 10.6 Å². The fourth-order valence-corrected chi connectivity index (χ4v) is 4.72. The summed E-state index contributed by atoms with van der Waals surface area (Å²) in [4.78, 5) is 52.5. The van der Waals surface area contributed by atoms with Gasteiger partial charge in [0.15, 0.2) is 0 Å². The van der Waals surface area contributed by atoms with Gasteiger partial charge in [0.2, 0.25) is 17.7 Å². The molecule has 1 aromatic carbocycles. The molecule has 1 aromatic rings. The maximum atomic E-state index is 13.3. The van der Waals surface area contributed by atoms with Crippen molar-refractivity contribution in [3.05, 3.63) is 35.9 Å². The summed E-state index contributed by atoms with van der Waals surface area (Å²) in [6.45, 7) is 0.867. The molecule has 7 N–H and O–H groups in total. The third-order valence-corrected chi connectivity index (χ3v) is 6.91. The molecule has 1 aliphatic rings. The van der Waals surface area contributed by atoms with Crippen molar-refractivity contribution >= 4 is 35.5 Å². The number of carbonyl (C=O) groups is 4. The molecule has 36 heavy (non-hydrogen) atoms. The highest BCUT2D eigenvalue weighted by atomic mass is 32.2. The lowest BCUT2D eigenvalue weighted by Crippen LogP contribution is -2.57. The molecule has 1 saturated heterocycles. The number of hydrogen-bond donors (Lipinski definition) is 5. The molecule has 10 nitrogen and oxygen atoms in total. The molecule has 4 atom stereocenters. The minimum Gasteiger partial charge on any atom is -0.480 e. The number of amides is 3. The standard InChI is InChI=1S/C25H39N5O5S/c1-36-15-12-18(27)24(33)30-14-7-11-21(30)23(32)29-20(16-17-8-3-2-4-9-17)22(31)28-19(25(34)35)10-5-6-13-26/h2-4,8-9,18-21H,5-7,10-16,26-27H2,1H3,(H,28,31)(H,29,32)(H,34,35). The van der Waals surface area contributed by atoms with Crippen molar-refractivity contribution in [2.75, 3.05) is 25.1 Å². The van der Waals surface area contributed by atoms with Crippen LogP contribution < -0.4 is 22.1 Å². The summed E-state index contributed by atoms with van der Waals surface area (Å²) in [5.74, 6) is -1.69. The molecule has 0 aliphatic carbocycles. The fraction of sp³-hybridized carbons (Fsp3) is 0.600. The molecule has 3 amide bonds. The van der Waals surface area contributed by atoms with Gasteiger partial charge in [-0.3, -0.25) is 14.4 Å². The van der Waals surface area contributed by atoms with E-state index < -0.39 is 42.0 Å². The van der Waals surface area contributed by atoms with Crippen LogP contribution in [0.3, 0.4) is 0 Å². The van der Waals surface area contributed by atoms with Crippen LogP contribution in [-0.4, -0.2) is 83.0 Å². The van der Waals surface area contributed by atoms with Crippen LogP contribution in [0.4, 0.5) is 0 Å². The van der Waals surface area contributed by atoms with Gasteiger partial charge in [-0.1, -0.05) is 30.3 Å². The van der Waals surface area contributed by atoms with E-state index in [0.717, 1.165) is 11.3 Å². The summed E-state index contributed by atoms with van der Waals surface area (Å²) in [5.41, 5.74) is 12.4. The zero-order valence-corrected chi connectivity index (χ0v) is 21.7. The number of hydrogen-bond acceptors (Lipinski definition) is 7. The third-order valence-electron chi connectivity index (χ3n) is 6.27. The lowest BCUT2D eigenvalue weighted by Gasteiger charge is -2.28. The van der Waals surface area contributed by atoms with Crippen LogP contribution in [0.15, 0.2) is 30.3 Å². The molecule has 0 saturated carbocycles. The van der Waals surface area contributed by atoms with Crippen molar-refractivity contribution < 1.29 is 24.3 Å². The quantitative estimate of drug-likeness (QED) is 0.208. The van der Waals surface area contributed by atoms with Crippen molar-refractivity contribution in [2.45, 2.75) is 69.1 Å². The fourth-order valence-electron chi connectivity index (χ4n) is 4.23. The maximum Gasteiger partial charge on any atom is 0.326 e. The number of likely N-dealkylation sites (tertiary alicyclic amines) is 1. The number of nitrogens with two attached hydrogens (primary N) is 2. The van der Waals surface area contributed by atoms with Crippen LogP contribution in [0.5, 0.6) is 0 Å². The minimum atomic E-state index is -1.14. The predicted octanol–water partition coefficient (Wildman–Crippen LogP) is 0.484. The normalized spacial score (nSPS) is 17.8. The number of aliphatic carboxylic acids is 1. The van der Waals surface area contributed by atoms with Gasteiger partial charge in [0, 0.05) is 13.0 Å². The Balaban J connectivity index is 2.14. The minimum absolute atomic E-state index is 0.182. The molecule has 2 rings (SSSR count). The van der Waals surface area contributed by atoms with E-state index in [1.54, 1.807) is 11.8 Å². The number of unbranched alkanes of at least 4 members (excludes halogenated alkanes) is 1. The SMILES string of the molecule is CSCCC(N)C(=O)N1CCCC1C(=O)NC(Cc1ccccc1)C(=O)NC(CCCCN)C(=O)O. The van der Waals surface area contributed by atoms with Gasteiger partial charge in [-0.15, -0.1) is 0 Å². The number of benzene rings is 1. The van der Waals surface area contributed by atoms with E-state index in [4.69, 9.17) is 11.5 Å². The Morgan fingerprint density at radius 3 is 2.47 bits per heavy atom. The van der Waals surface area contributed by atoms with Crippen molar-refractivity contribution in [1.29, 1.82) is 0 Å². The number of nitrogens with zero attached hydrogens (tertiary/aromatic N) is 1. The van der Waals surface area contributed by atoms with E-state index >= 15 is 0 Å². The molecule has 0 radical (unpaired) electrons. The highest BCUT2D eigenvalue weighted by molar-refractivity contribution is 7.98. The first-order chi connectivity index (χ1) is 17.3. The molecule has 1 aliphatic heterocycles. The van der Waals surface area contributed by atoms with Gasteiger partial charge in [0.1, 0.15) is 18.1 Å². The summed E-state index contributed by atoms with van der Waals surface area (Å²) in [5, 5.41) is 14.9. The van der Waals surface area contributed by atoms with E-state index in [1.807, 2.05) is 36.6 Å². The van der Waals surface area contributed by atoms with Crippen LogP contribution in [0.1, 0.15) is 44.1 Å². The molecule has 200 valence electrons. The number of rotatable bonds is 15. The topological polar surface area (TPSA) is 168 Å². The zero-order valence-electron chi connectivity index (χ0n) is 20.9. The van der Waals surface area contributed by atoms with Gasteiger partial charge in [0.05, 0.1) is 6.04 Å². The molecule has 0 aromatic heterocycles. The molecule has 11 heteroatoms. The lowest BCUT2D eigenvalue weighted by atomic mass is 10.0. The van der Waals surface area contributed by atoms with Crippen molar-refractivity contribution in [2.24, 2.45) is 11.5 Å². The zero-order chi connectivity index (χ0) is 26.5. The van der Waals surface area contributed by atoms with Gasteiger partial charge in [-0.05, 0) is 62.6 Å². The molecule has 4 unspecified atom stereocenters. The Morgan fingerprint density at radius 1 is 1.11 bits per heavy atom. The average Bonchev–Trinajstić information content (AvgIpc) is 3.36. The summed E-state index contributed by atoms with van der Waals surface area (Å²) in [7, 11) is 0. The van der Waals surface area contributed by atoms with Crippen LogP contribution in [0, 0.1) is 0 Å². The Labute approximate surface area is 216 Å². The van der Waals surface area contributed by atoms with Crippen LogP contribution in [0.2, 0.25) is 0 Å². The van der Waals surface area contributed by atoms with Crippen LogP contribution in [0.25, 0.3) is 0 Å². The lowest BCUT2D eigenvalue weighted by molar-refractivity contribution is -0.143. The van der Waals surface area contributed by atoms with E-state index in [0.29, 0.717) is 45.2 Å². The monoisotopic (exact) mass is 521 g/mol. The van der Waals surface area contributed by atoms with Crippen molar-refractivity contribution in [3.63, 3.8) is 0 Å². The van der Waals surface area contributed by atoms with E-state index in [-0.39, 0.29) is 18.7 Å². The first-order valence-electron chi connectivity index (χ1n) is 12.4. The van der Waals surface area contributed by atoms with E-state index in [9.17, 15) is 24.3 Å². The molecule has 1 fully saturated rings. The van der Waals surface area contributed by atoms with Crippen molar-refractivity contribution in [1.82, 2.24) is 15.5 Å².